The first-order valence-electron chi connectivity index (χ1n) is 7.56. The van der Waals surface area contributed by atoms with Gasteiger partial charge >= 0.3 is 12.1 Å². The van der Waals surface area contributed by atoms with Crippen molar-refractivity contribution in [1.82, 2.24) is 0 Å². The van der Waals surface area contributed by atoms with E-state index in [9.17, 15) is 18.0 Å². The molecule has 25 heavy (non-hydrogen) atoms. The van der Waals surface area contributed by atoms with Crippen LogP contribution in [0.3, 0.4) is 0 Å². The number of ether oxygens (including phenoxy) is 3. The zero-order valence-corrected chi connectivity index (χ0v) is 13.5. The van der Waals surface area contributed by atoms with Crippen molar-refractivity contribution in [2.45, 2.75) is 19.7 Å². The van der Waals surface area contributed by atoms with Crippen LogP contribution in [-0.4, -0.2) is 25.4 Å². The molecule has 0 saturated carbocycles. The summed E-state index contributed by atoms with van der Waals surface area (Å²) >= 11 is 0. The Labute approximate surface area is 143 Å². The minimum absolute atomic E-state index is 0.0115. The van der Waals surface area contributed by atoms with Crippen molar-refractivity contribution in [2.24, 2.45) is 0 Å². The number of alkyl halides is 3. The molecule has 0 fully saturated rings. The van der Waals surface area contributed by atoms with E-state index in [2.05, 4.69) is 4.74 Å². The lowest BCUT2D eigenvalue weighted by Gasteiger charge is -2.14. The molecule has 134 valence electrons. The van der Waals surface area contributed by atoms with Crippen LogP contribution in [0.5, 0.6) is 11.5 Å². The molecule has 2 rings (SSSR count). The van der Waals surface area contributed by atoms with E-state index in [0.29, 0.717) is 0 Å². The second-order valence-electron chi connectivity index (χ2n) is 5.06. The lowest BCUT2D eigenvalue weighted by molar-refractivity contribution is -0.153. The van der Waals surface area contributed by atoms with Gasteiger partial charge in [0.05, 0.1) is 6.61 Å². The molecule has 0 bridgehead atoms. The molecular weight excluding hydrogens is 337 g/mol. The van der Waals surface area contributed by atoms with Gasteiger partial charge in [0.25, 0.3) is 0 Å². The van der Waals surface area contributed by atoms with E-state index in [1.165, 1.54) is 18.2 Å². The predicted octanol–water partition coefficient (Wildman–Crippen LogP) is 4.38. The van der Waals surface area contributed by atoms with Crippen molar-refractivity contribution in [3.05, 3.63) is 59.7 Å². The van der Waals surface area contributed by atoms with Gasteiger partial charge in [-0.1, -0.05) is 30.3 Å². The van der Waals surface area contributed by atoms with Gasteiger partial charge in [0.1, 0.15) is 23.7 Å². The van der Waals surface area contributed by atoms with Gasteiger partial charge in [0.15, 0.2) is 6.61 Å². The average Bonchev–Trinajstić information content (AvgIpc) is 2.59. The molecular formula is C18H17F3O4. The first kappa shape index (κ1) is 18.6. The Bertz CT molecular complexity index is 699. The summed E-state index contributed by atoms with van der Waals surface area (Å²) in [6.45, 7) is 0.520. The molecule has 0 amide bonds. The molecule has 0 aliphatic rings. The highest BCUT2D eigenvalue weighted by atomic mass is 19.4. The van der Waals surface area contributed by atoms with Crippen molar-refractivity contribution >= 4 is 5.97 Å². The van der Waals surface area contributed by atoms with Crippen LogP contribution in [-0.2, 0) is 11.3 Å². The van der Waals surface area contributed by atoms with Gasteiger partial charge in [-0.3, -0.25) is 0 Å². The lowest BCUT2D eigenvalue weighted by atomic mass is 10.2. The van der Waals surface area contributed by atoms with Crippen molar-refractivity contribution in [3.63, 3.8) is 0 Å². The fourth-order valence-corrected chi connectivity index (χ4v) is 1.99. The first-order valence-corrected chi connectivity index (χ1v) is 7.56. The maximum absolute atomic E-state index is 12.3. The smallest absolute Gasteiger partial charge is 0.422 e. The molecule has 0 unspecified atom stereocenters. The summed E-state index contributed by atoms with van der Waals surface area (Å²) < 4.78 is 52.0. The fraction of sp³-hybridized carbons (Fsp3) is 0.278. The molecule has 2 aromatic rings. The van der Waals surface area contributed by atoms with Gasteiger partial charge in [-0.25, -0.2) is 4.79 Å². The normalized spacial score (nSPS) is 11.0. The molecule has 0 radical (unpaired) electrons. The Balaban J connectivity index is 2.17. The third kappa shape index (κ3) is 6.02. The molecule has 0 atom stereocenters. The van der Waals surface area contributed by atoms with E-state index in [0.717, 1.165) is 5.56 Å². The minimum Gasteiger partial charge on any atom is -0.488 e. The number of carbonyl (C=O) groups is 1. The second-order valence-corrected chi connectivity index (χ2v) is 5.06. The summed E-state index contributed by atoms with van der Waals surface area (Å²) in [5.41, 5.74) is 0.896. The average molecular weight is 354 g/mol. The molecule has 0 N–H and O–H groups in total. The van der Waals surface area contributed by atoms with E-state index in [4.69, 9.17) is 9.47 Å². The van der Waals surface area contributed by atoms with Crippen molar-refractivity contribution in [1.29, 1.82) is 0 Å². The zero-order valence-electron chi connectivity index (χ0n) is 13.5. The predicted molar refractivity (Wildman–Crippen MR) is 84.7 cm³/mol. The van der Waals surface area contributed by atoms with Crippen LogP contribution in [0.25, 0.3) is 0 Å². The van der Waals surface area contributed by atoms with E-state index < -0.39 is 18.8 Å². The molecule has 4 nitrogen and oxygen atoms in total. The number of hydrogen-bond acceptors (Lipinski definition) is 4. The summed E-state index contributed by atoms with van der Waals surface area (Å²) in [6.07, 6.45) is -4.47. The number of esters is 1. The van der Waals surface area contributed by atoms with E-state index in [1.54, 1.807) is 6.92 Å². The highest BCUT2D eigenvalue weighted by Gasteiger charge is 2.28. The van der Waals surface area contributed by atoms with E-state index in [-0.39, 0.29) is 30.3 Å². The molecule has 0 saturated heterocycles. The molecule has 0 aliphatic carbocycles. The fourth-order valence-electron chi connectivity index (χ4n) is 1.99. The summed E-state index contributed by atoms with van der Waals surface area (Å²) in [5, 5.41) is 0. The van der Waals surface area contributed by atoms with Crippen LogP contribution in [0.1, 0.15) is 22.8 Å². The number of carbonyl (C=O) groups excluding carboxylic acids is 1. The van der Waals surface area contributed by atoms with Crippen LogP contribution in [0, 0.1) is 0 Å². The number of rotatable bonds is 7. The topological polar surface area (TPSA) is 44.8 Å². The molecule has 0 spiro atoms. The Morgan fingerprint density at radius 3 is 2.40 bits per heavy atom. The van der Waals surface area contributed by atoms with Crippen molar-refractivity contribution in [3.8, 4) is 11.5 Å². The van der Waals surface area contributed by atoms with Gasteiger partial charge < -0.3 is 14.2 Å². The maximum Gasteiger partial charge on any atom is 0.422 e. The second kappa shape index (κ2) is 8.41. The largest absolute Gasteiger partial charge is 0.488 e. The standard InChI is InChI=1S/C18H17F3O4/c1-2-23-17(22)15-10-14(25-12-18(19,20)21)8-9-16(15)24-11-13-6-4-3-5-7-13/h3-10H,2,11-12H2,1H3. The van der Waals surface area contributed by atoms with Gasteiger partial charge in [0.2, 0.25) is 0 Å². The van der Waals surface area contributed by atoms with E-state index in [1.807, 2.05) is 30.3 Å². The SMILES string of the molecule is CCOC(=O)c1cc(OCC(F)(F)F)ccc1OCc1ccccc1. The monoisotopic (exact) mass is 354 g/mol. The Kier molecular flexibility index (Phi) is 6.27. The number of hydrogen-bond donors (Lipinski definition) is 0. The molecule has 0 aliphatic heterocycles. The Morgan fingerprint density at radius 1 is 1.04 bits per heavy atom. The first-order chi connectivity index (χ1) is 11.9. The van der Waals surface area contributed by atoms with Crippen LogP contribution >= 0.6 is 0 Å². The van der Waals surface area contributed by atoms with Crippen LogP contribution in [0.15, 0.2) is 48.5 Å². The van der Waals surface area contributed by atoms with Crippen LogP contribution in [0.4, 0.5) is 13.2 Å². The Hall–Kier alpha value is -2.70. The van der Waals surface area contributed by atoms with Gasteiger partial charge in [-0.05, 0) is 30.7 Å². The third-order valence-corrected chi connectivity index (χ3v) is 3.09. The summed E-state index contributed by atoms with van der Waals surface area (Å²) in [5.74, 6) is -0.572. The zero-order chi connectivity index (χ0) is 18.3. The molecule has 2 aromatic carbocycles. The van der Waals surface area contributed by atoms with Crippen molar-refractivity contribution < 1.29 is 32.2 Å². The highest BCUT2D eigenvalue weighted by molar-refractivity contribution is 5.93. The molecule has 0 heterocycles. The van der Waals surface area contributed by atoms with Gasteiger partial charge in [-0.2, -0.15) is 13.2 Å². The van der Waals surface area contributed by atoms with Crippen LogP contribution in [0.2, 0.25) is 0 Å². The summed E-state index contributed by atoms with van der Waals surface area (Å²) in [6, 6.07) is 13.1. The number of halogens is 3. The van der Waals surface area contributed by atoms with E-state index >= 15 is 0 Å². The molecule has 7 heteroatoms. The number of benzene rings is 2. The van der Waals surface area contributed by atoms with Crippen molar-refractivity contribution in [2.75, 3.05) is 13.2 Å². The molecule has 0 aromatic heterocycles. The van der Waals surface area contributed by atoms with Gasteiger partial charge in [-0.15, -0.1) is 0 Å². The highest BCUT2D eigenvalue weighted by Crippen LogP contribution is 2.27. The Morgan fingerprint density at radius 2 is 1.76 bits per heavy atom. The third-order valence-electron chi connectivity index (χ3n) is 3.09. The van der Waals surface area contributed by atoms with Crippen LogP contribution < -0.4 is 9.47 Å². The summed E-state index contributed by atoms with van der Waals surface area (Å²) in [7, 11) is 0. The lowest BCUT2D eigenvalue weighted by Crippen LogP contribution is -2.19. The minimum atomic E-state index is -4.47. The van der Waals surface area contributed by atoms with Gasteiger partial charge in [0, 0.05) is 0 Å². The maximum atomic E-state index is 12.3. The quantitative estimate of drug-likeness (QED) is 0.692. The summed E-state index contributed by atoms with van der Waals surface area (Å²) in [4.78, 5) is 12.1.